The van der Waals surface area contributed by atoms with E-state index in [2.05, 4.69) is 10.3 Å². The molecule has 0 atom stereocenters. The molecule has 0 unspecified atom stereocenters. The largest absolute Gasteiger partial charge is 0.487 e. The first kappa shape index (κ1) is 22.9. The first-order valence-electron chi connectivity index (χ1n) is 9.86. The van der Waals surface area contributed by atoms with Gasteiger partial charge >= 0.3 is 11.7 Å². The van der Waals surface area contributed by atoms with Crippen molar-refractivity contribution in [2.24, 2.45) is 0 Å². The minimum Gasteiger partial charge on any atom is -0.487 e. The molecule has 0 saturated heterocycles. The number of esters is 1. The molecule has 0 aliphatic heterocycles. The van der Waals surface area contributed by atoms with Gasteiger partial charge in [-0.05, 0) is 26.0 Å². The Morgan fingerprint density at radius 2 is 1.88 bits per heavy atom. The van der Waals surface area contributed by atoms with Crippen molar-refractivity contribution < 1.29 is 24.0 Å². The minimum atomic E-state index is -0.601. The number of nitrogens with zero attached hydrogens (tertiary/aromatic N) is 2. The number of carbonyl (C=O) groups excluding carboxylic acids is 2. The maximum absolute atomic E-state index is 12.7. The molecular formula is C22H21N3O6S. The molecule has 0 fully saturated rings. The number of thiazole rings is 1. The predicted octanol–water partition coefficient (Wildman–Crippen LogP) is 4.47. The number of ether oxygens (including phenoxy) is 2. The van der Waals surface area contributed by atoms with Crippen LogP contribution in [0.15, 0.2) is 48.5 Å². The van der Waals surface area contributed by atoms with Gasteiger partial charge in [0.05, 0.1) is 30.3 Å². The van der Waals surface area contributed by atoms with Gasteiger partial charge in [0, 0.05) is 22.1 Å². The Labute approximate surface area is 188 Å². The first-order valence-corrected chi connectivity index (χ1v) is 10.7. The second-order valence-corrected chi connectivity index (χ2v) is 7.55. The van der Waals surface area contributed by atoms with E-state index in [-0.39, 0.29) is 41.8 Å². The van der Waals surface area contributed by atoms with E-state index < -0.39 is 16.8 Å². The molecule has 9 nitrogen and oxygen atoms in total. The van der Waals surface area contributed by atoms with Gasteiger partial charge in [0.25, 0.3) is 5.91 Å². The third-order valence-corrected chi connectivity index (χ3v) is 5.26. The average Bonchev–Trinajstić information content (AvgIpc) is 3.16. The summed E-state index contributed by atoms with van der Waals surface area (Å²) in [5, 5.41) is 14.3. The van der Waals surface area contributed by atoms with Gasteiger partial charge in [0.15, 0.2) is 10.9 Å². The van der Waals surface area contributed by atoms with Crippen molar-refractivity contribution in [3.8, 4) is 17.0 Å². The first-order chi connectivity index (χ1) is 15.4. The fraction of sp³-hybridized carbons (Fsp3) is 0.227. The van der Waals surface area contributed by atoms with Gasteiger partial charge < -0.3 is 9.47 Å². The Kier molecular flexibility index (Phi) is 7.50. The second-order valence-electron chi connectivity index (χ2n) is 6.47. The fourth-order valence-corrected chi connectivity index (χ4v) is 3.90. The Balaban J connectivity index is 1.89. The molecule has 3 rings (SSSR count). The van der Waals surface area contributed by atoms with Gasteiger partial charge in [0.2, 0.25) is 0 Å². The molecule has 0 saturated carbocycles. The summed E-state index contributed by atoms with van der Waals surface area (Å²) in [6.45, 7) is 3.96. The van der Waals surface area contributed by atoms with E-state index in [4.69, 9.17) is 9.47 Å². The molecule has 0 aliphatic carbocycles. The zero-order valence-electron chi connectivity index (χ0n) is 17.5. The van der Waals surface area contributed by atoms with Gasteiger partial charge in [-0.3, -0.25) is 25.0 Å². The summed E-state index contributed by atoms with van der Waals surface area (Å²) >= 11 is 1.15. The number of rotatable bonds is 9. The van der Waals surface area contributed by atoms with Crippen molar-refractivity contribution in [3.05, 3.63) is 69.1 Å². The number of anilines is 1. The van der Waals surface area contributed by atoms with E-state index in [1.165, 1.54) is 12.1 Å². The lowest BCUT2D eigenvalue weighted by atomic mass is 10.1. The zero-order valence-corrected chi connectivity index (χ0v) is 18.3. The summed E-state index contributed by atoms with van der Waals surface area (Å²) in [7, 11) is 0. The van der Waals surface area contributed by atoms with Gasteiger partial charge in [-0.2, -0.15) is 0 Å². The number of benzene rings is 2. The summed E-state index contributed by atoms with van der Waals surface area (Å²) in [6.07, 6.45) is 0.0140. The molecule has 1 amide bonds. The molecule has 1 N–H and O–H groups in total. The molecular weight excluding hydrogens is 434 g/mol. The van der Waals surface area contributed by atoms with Crippen LogP contribution in [0.2, 0.25) is 0 Å². The predicted molar refractivity (Wildman–Crippen MR) is 120 cm³/mol. The molecule has 0 aliphatic rings. The lowest BCUT2D eigenvalue weighted by Crippen LogP contribution is -2.12. The number of carbonyl (C=O) groups is 2. The van der Waals surface area contributed by atoms with E-state index in [0.29, 0.717) is 10.6 Å². The lowest BCUT2D eigenvalue weighted by molar-refractivity contribution is -0.385. The van der Waals surface area contributed by atoms with Crippen LogP contribution in [0.4, 0.5) is 10.8 Å². The van der Waals surface area contributed by atoms with E-state index >= 15 is 0 Å². The third-order valence-electron chi connectivity index (χ3n) is 4.29. The van der Waals surface area contributed by atoms with Crippen LogP contribution in [0.3, 0.4) is 0 Å². The van der Waals surface area contributed by atoms with Crippen LogP contribution < -0.4 is 10.1 Å². The van der Waals surface area contributed by atoms with Gasteiger partial charge in [-0.1, -0.05) is 30.3 Å². The van der Waals surface area contributed by atoms with Crippen molar-refractivity contribution in [2.45, 2.75) is 20.3 Å². The van der Waals surface area contributed by atoms with Crippen LogP contribution >= 0.6 is 11.3 Å². The Bertz CT molecular complexity index is 1130. The van der Waals surface area contributed by atoms with E-state index in [1.54, 1.807) is 13.8 Å². The molecule has 0 radical (unpaired) electrons. The molecule has 3 aromatic rings. The highest BCUT2D eigenvalue weighted by Gasteiger charge is 2.21. The van der Waals surface area contributed by atoms with E-state index in [9.17, 15) is 19.7 Å². The summed E-state index contributed by atoms with van der Waals surface area (Å²) in [6, 6.07) is 13.3. The highest BCUT2D eigenvalue weighted by Crippen LogP contribution is 2.33. The monoisotopic (exact) mass is 455 g/mol. The van der Waals surface area contributed by atoms with Crippen LogP contribution in [-0.4, -0.2) is 35.0 Å². The summed E-state index contributed by atoms with van der Waals surface area (Å²) in [5.74, 6) is -0.869. The molecule has 0 spiro atoms. The maximum Gasteiger partial charge on any atom is 0.311 e. The number of nitrogens with one attached hydrogen (secondary N) is 1. The summed E-state index contributed by atoms with van der Waals surface area (Å²) in [4.78, 5) is 40.6. The van der Waals surface area contributed by atoms with Crippen molar-refractivity contribution in [1.29, 1.82) is 0 Å². The highest BCUT2D eigenvalue weighted by molar-refractivity contribution is 7.16. The Morgan fingerprint density at radius 3 is 2.53 bits per heavy atom. The van der Waals surface area contributed by atoms with E-state index in [0.717, 1.165) is 23.0 Å². The Hall–Kier alpha value is -3.79. The van der Waals surface area contributed by atoms with E-state index in [1.807, 2.05) is 30.3 Å². The second kappa shape index (κ2) is 10.5. The lowest BCUT2D eigenvalue weighted by Gasteiger charge is -2.06. The number of hydrogen-bond donors (Lipinski definition) is 1. The van der Waals surface area contributed by atoms with Crippen LogP contribution in [0.25, 0.3) is 11.3 Å². The summed E-state index contributed by atoms with van der Waals surface area (Å²) < 4.78 is 10.3. The van der Waals surface area contributed by atoms with Crippen LogP contribution in [-0.2, 0) is 16.0 Å². The topological polar surface area (TPSA) is 121 Å². The quantitative estimate of drug-likeness (QED) is 0.287. The minimum absolute atomic E-state index is 0.0140. The average molecular weight is 455 g/mol. The van der Waals surface area contributed by atoms with Gasteiger partial charge in [0.1, 0.15) is 0 Å². The molecule has 2 aromatic carbocycles. The highest BCUT2D eigenvalue weighted by atomic mass is 32.1. The maximum atomic E-state index is 12.7. The fourth-order valence-electron chi connectivity index (χ4n) is 2.94. The van der Waals surface area contributed by atoms with Crippen molar-refractivity contribution in [2.75, 3.05) is 18.5 Å². The normalized spacial score (nSPS) is 10.4. The van der Waals surface area contributed by atoms with Crippen molar-refractivity contribution >= 4 is 34.0 Å². The standard InChI is InChI=1S/C22H21N3O6S/c1-3-30-17-11-10-15(12-16(17)25(28)29)21(27)24-22-23-20(14-8-6-5-7-9-14)18(32-22)13-19(26)31-4-2/h5-12H,3-4,13H2,1-2H3,(H,23,24,27). The molecule has 10 heteroatoms. The van der Waals surface area contributed by atoms with Crippen molar-refractivity contribution in [1.82, 2.24) is 4.98 Å². The third kappa shape index (κ3) is 5.46. The molecule has 1 heterocycles. The number of hydrogen-bond acceptors (Lipinski definition) is 8. The molecule has 32 heavy (non-hydrogen) atoms. The smallest absolute Gasteiger partial charge is 0.311 e. The van der Waals surface area contributed by atoms with Crippen molar-refractivity contribution in [3.63, 3.8) is 0 Å². The van der Waals surface area contributed by atoms with Crippen LogP contribution in [0.1, 0.15) is 29.1 Å². The molecule has 0 bridgehead atoms. The molecule has 166 valence electrons. The van der Waals surface area contributed by atoms with Crippen LogP contribution in [0.5, 0.6) is 5.75 Å². The zero-order chi connectivity index (χ0) is 23.1. The van der Waals surface area contributed by atoms with Gasteiger partial charge in [-0.25, -0.2) is 4.98 Å². The van der Waals surface area contributed by atoms with Gasteiger partial charge in [-0.15, -0.1) is 11.3 Å². The number of nitro groups is 1. The number of aromatic nitrogens is 1. The molecule has 1 aromatic heterocycles. The number of nitro benzene ring substituents is 1. The SMILES string of the molecule is CCOC(=O)Cc1sc(NC(=O)c2ccc(OCC)c([N+](=O)[O-])c2)nc1-c1ccccc1. The number of amides is 1. The Morgan fingerprint density at radius 1 is 1.12 bits per heavy atom. The van der Waals surface area contributed by atoms with Crippen LogP contribution in [0, 0.1) is 10.1 Å². The summed E-state index contributed by atoms with van der Waals surface area (Å²) in [5.41, 5.74) is 1.15.